The van der Waals surface area contributed by atoms with E-state index in [4.69, 9.17) is 16.3 Å². The molecule has 7 heteroatoms. The molecule has 0 aliphatic heterocycles. The van der Waals surface area contributed by atoms with Crippen LogP contribution in [0.25, 0.3) is 0 Å². The van der Waals surface area contributed by atoms with E-state index in [-0.39, 0.29) is 0 Å². The molecule has 2 N–H and O–H groups in total. The monoisotopic (exact) mass is 407 g/mol. The normalized spacial score (nSPS) is 10.5. The second-order valence-electron chi connectivity index (χ2n) is 6.00. The fourth-order valence-corrected chi connectivity index (χ4v) is 2.45. The maximum absolute atomic E-state index is 11.8. The predicted molar refractivity (Wildman–Crippen MR) is 113 cm³/mol. The zero-order valence-electron chi connectivity index (χ0n) is 15.3. The fraction of sp³-hybridized carbons (Fsp3) is 0.0455. The van der Waals surface area contributed by atoms with E-state index < -0.39 is 11.8 Å². The summed E-state index contributed by atoms with van der Waals surface area (Å²) in [6.45, 7) is 0.428. The fourth-order valence-electron chi connectivity index (χ4n) is 2.32. The van der Waals surface area contributed by atoms with Crippen LogP contribution in [0.4, 0.5) is 5.69 Å². The molecule has 6 nitrogen and oxygen atoms in total. The number of hydrogen-bond acceptors (Lipinski definition) is 4. The van der Waals surface area contributed by atoms with Gasteiger partial charge in [0.2, 0.25) is 0 Å². The molecule has 3 aromatic rings. The van der Waals surface area contributed by atoms with Crippen molar-refractivity contribution >= 4 is 35.3 Å². The second-order valence-corrected chi connectivity index (χ2v) is 6.44. The van der Waals surface area contributed by atoms with Gasteiger partial charge < -0.3 is 10.1 Å². The molecule has 0 fully saturated rings. The minimum Gasteiger partial charge on any atom is -0.489 e. The molecule has 0 heterocycles. The Bertz CT molecular complexity index is 988. The second kappa shape index (κ2) is 10.1. The Morgan fingerprint density at radius 1 is 0.897 bits per heavy atom. The zero-order valence-corrected chi connectivity index (χ0v) is 16.1. The zero-order chi connectivity index (χ0) is 20.5. The van der Waals surface area contributed by atoms with Crippen molar-refractivity contribution in [3.05, 3.63) is 95.0 Å². The summed E-state index contributed by atoms with van der Waals surface area (Å²) < 4.78 is 5.71. The summed E-state index contributed by atoms with van der Waals surface area (Å²) in [7, 11) is 0. The van der Waals surface area contributed by atoms with E-state index in [0.717, 1.165) is 11.1 Å². The van der Waals surface area contributed by atoms with Gasteiger partial charge in [-0.15, -0.1) is 0 Å². The number of para-hydroxylation sites is 1. The molecule has 3 rings (SSSR count). The Morgan fingerprint density at radius 2 is 1.59 bits per heavy atom. The first-order valence-electron chi connectivity index (χ1n) is 8.77. The SMILES string of the molecule is O=C(N/N=C\c1ccc(OCc2ccc(Cl)cc2)cc1)C(=O)Nc1ccccc1. The van der Waals surface area contributed by atoms with E-state index >= 15 is 0 Å². The molecule has 0 saturated heterocycles. The Kier molecular flexibility index (Phi) is 6.97. The van der Waals surface area contributed by atoms with Crippen molar-refractivity contribution in [1.82, 2.24) is 5.43 Å². The summed E-state index contributed by atoms with van der Waals surface area (Å²) in [4.78, 5) is 23.6. The van der Waals surface area contributed by atoms with Crippen molar-refractivity contribution in [2.24, 2.45) is 5.10 Å². The van der Waals surface area contributed by atoms with Crippen molar-refractivity contribution in [3.8, 4) is 5.75 Å². The van der Waals surface area contributed by atoms with Gasteiger partial charge in [0.05, 0.1) is 6.21 Å². The molecule has 3 aromatic carbocycles. The summed E-state index contributed by atoms with van der Waals surface area (Å²) in [5, 5.41) is 6.96. The number of hydrogen-bond donors (Lipinski definition) is 2. The van der Waals surface area contributed by atoms with E-state index in [2.05, 4.69) is 15.8 Å². The number of rotatable bonds is 6. The Hall–Kier alpha value is -3.64. The lowest BCUT2D eigenvalue weighted by atomic mass is 10.2. The number of carbonyl (C=O) groups is 2. The summed E-state index contributed by atoms with van der Waals surface area (Å²) in [5.74, 6) is -0.948. The van der Waals surface area contributed by atoms with Crippen LogP contribution in [0.1, 0.15) is 11.1 Å². The average molecular weight is 408 g/mol. The largest absolute Gasteiger partial charge is 0.489 e. The van der Waals surface area contributed by atoms with Gasteiger partial charge in [-0.05, 0) is 59.7 Å². The van der Waals surface area contributed by atoms with Crippen LogP contribution >= 0.6 is 11.6 Å². The molecule has 0 spiro atoms. The molecule has 0 radical (unpaired) electrons. The van der Waals surface area contributed by atoms with Crippen molar-refractivity contribution in [1.29, 1.82) is 0 Å². The Morgan fingerprint density at radius 3 is 2.28 bits per heavy atom. The van der Waals surface area contributed by atoms with Crippen molar-refractivity contribution < 1.29 is 14.3 Å². The van der Waals surface area contributed by atoms with Gasteiger partial charge >= 0.3 is 11.8 Å². The van der Waals surface area contributed by atoms with Crippen LogP contribution < -0.4 is 15.5 Å². The molecule has 0 saturated carbocycles. The number of anilines is 1. The molecule has 0 aliphatic rings. The third kappa shape index (κ3) is 6.48. The molecule has 146 valence electrons. The maximum atomic E-state index is 11.8. The number of hydrazone groups is 1. The number of ether oxygens (including phenoxy) is 1. The Balaban J connectivity index is 1.46. The Labute approximate surface area is 173 Å². The number of halogens is 1. The number of nitrogens with one attached hydrogen (secondary N) is 2. The average Bonchev–Trinajstić information content (AvgIpc) is 2.75. The first kappa shape index (κ1) is 20.1. The smallest absolute Gasteiger partial charge is 0.329 e. The predicted octanol–water partition coefficient (Wildman–Crippen LogP) is 4.01. The van der Waals surface area contributed by atoms with Crippen LogP contribution in [0.5, 0.6) is 5.75 Å². The number of carbonyl (C=O) groups excluding carboxylic acids is 2. The van der Waals surface area contributed by atoms with Gasteiger partial charge in [-0.25, -0.2) is 5.43 Å². The van der Waals surface area contributed by atoms with Crippen molar-refractivity contribution in [2.45, 2.75) is 6.61 Å². The van der Waals surface area contributed by atoms with Crippen LogP contribution in [-0.4, -0.2) is 18.0 Å². The molecular formula is C22H18ClN3O3. The highest BCUT2D eigenvalue weighted by Gasteiger charge is 2.12. The number of benzene rings is 3. The van der Waals surface area contributed by atoms with E-state index in [1.54, 1.807) is 48.5 Å². The van der Waals surface area contributed by atoms with Crippen LogP contribution in [0.15, 0.2) is 84.0 Å². The third-order valence-electron chi connectivity index (χ3n) is 3.82. The summed E-state index contributed by atoms with van der Waals surface area (Å²) in [5.41, 5.74) is 4.48. The first-order chi connectivity index (χ1) is 14.1. The van der Waals surface area contributed by atoms with Crippen LogP contribution in [-0.2, 0) is 16.2 Å². The van der Waals surface area contributed by atoms with Crippen molar-refractivity contribution in [2.75, 3.05) is 5.32 Å². The van der Waals surface area contributed by atoms with E-state index in [9.17, 15) is 9.59 Å². The van der Waals surface area contributed by atoms with Crippen LogP contribution in [0.2, 0.25) is 5.02 Å². The van der Waals surface area contributed by atoms with Crippen molar-refractivity contribution in [3.63, 3.8) is 0 Å². The molecule has 0 atom stereocenters. The highest BCUT2D eigenvalue weighted by Crippen LogP contribution is 2.15. The van der Waals surface area contributed by atoms with E-state index in [1.807, 2.05) is 30.3 Å². The van der Waals surface area contributed by atoms with Gasteiger partial charge in [0.15, 0.2) is 0 Å². The van der Waals surface area contributed by atoms with Gasteiger partial charge in [-0.2, -0.15) is 5.10 Å². The van der Waals surface area contributed by atoms with Gasteiger partial charge in [0.25, 0.3) is 0 Å². The molecular weight excluding hydrogens is 390 g/mol. The number of amides is 2. The van der Waals surface area contributed by atoms with Gasteiger partial charge in [-0.3, -0.25) is 9.59 Å². The summed E-state index contributed by atoms with van der Waals surface area (Å²) in [6.07, 6.45) is 1.44. The van der Waals surface area contributed by atoms with Gasteiger partial charge in [0, 0.05) is 10.7 Å². The quantitative estimate of drug-likeness (QED) is 0.368. The van der Waals surface area contributed by atoms with E-state index in [1.165, 1.54) is 6.21 Å². The maximum Gasteiger partial charge on any atom is 0.329 e. The van der Waals surface area contributed by atoms with Gasteiger partial charge in [-0.1, -0.05) is 41.9 Å². The van der Waals surface area contributed by atoms with Crippen LogP contribution in [0.3, 0.4) is 0 Å². The highest BCUT2D eigenvalue weighted by molar-refractivity contribution is 6.39. The minimum absolute atomic E-state index is 0.428. The lowest BCUT2D eigenvalue weighted by Gasteiger charge is -2.06. The standard InChI is InChI=1S/C22H18ClN3O3/c23-18-10-6-17(7-11-18)15-29-20-12-8-16(9-13-20)14-24-26-22(28)21(27)25-19-4-2-1-3-5-19/h1-14H,15H2,(H,25,27)(H,26,28)/b24-14-. The molecule has 0 aliphatic carbocycles. The minimum atomic E-state index is -0.854. The topological polar surface area (TPSA) is 79.8 Å². The summed E-state index contributed by atoms with van der Waals surface area (Å²) >= 11 is 5.86. The van der Waals surface area contributed by atoms with Gasteiger partial charge in [0.1, 0.15) is 12.4 Å². The van der Waals surface area contributed by atoms with Crippen LogP contribution in [0, 0.1) is 0 Å². The molecule has 0 aromatic heterocycles. The number of nitrogens with zero attached hydrogens (tertiary/aromatic N) is 1. The first-order valence-corrected chi connectivity index (χ1v) is 9.15. The molecule has 0 unspecified atom stereocenters. The third-order valence-corrected chi connectivity index (χ3v) is 4.07. The highest BCUT2D eigenvalue weighted by atomic mass is 35.5. The van der Waals surface area contributed by atoms with E-state index in [0.29, 0.717) is 23.1 Å². The summed E-state index contributed by atoms with van der Waals surface area (Å²) in [6, 6.07) is 23.3. The molecule has 2 amide bonds. The lowest BCUT2D eigenvalue weighted by Crippen LogP contribution is -2.32. The molecule has 0 bridgehead atoms. The molecule has 29 heavy (non-hydrogen) atoms. The lowest BCUT2D eigenvalue weighted by molar-refractivity contribution is -0.136.